The number of ether oxygens (including phenoxy) is 1. The van der Waals surface area contributed by atoms with Crippen LogP contribution in [0, 0.1) is 0 Å². The maximum absolute atomic E-state index is 10.8. The van der Waals surface area contributed by atoms with Crippen molar-refractivity contribution >= 4 is 17.7 Å². The van der Waals surface area contributed by atoms with Crippen molar-refractivity contribution in [2.75, 3.05) is 19.0 Å². The standard InChI is InChI=1S/C8H13NO3S/c10-7(11)6-1-4-13-8(9-6)2-3-12-5-8/h6,9H,1-5H2,(H,10,11). The predicted molar refractivity (Wildman–Crippen MR) is 49.8 cm³/mol. The maximum Gasteiger partial charge on any atom is 0.320 e. The zero-order valence-electron chi connectivity index (χ0n) is 7.28. The van der Waals surface area contributed by atoms with Gasteiger partial charge in [-0.05, 0) is 12.2 Å². The van der Waals surface area contributed by atoms with Gasteiger partial charge in [0.25, 0.3) is 0 Å². The Morgan fingerprint density at radius 1 is 1.69 bits per heavy atom. The van der Waals surface area contributed by atoms with Gasteiger partial charge in [-0.1, -0.05) is 0 Å². The maximum atomic E-state index is 10.8. The highest BCUT2D eigenvalue weighted by atomic mass is 32.2. The number of rotatable bonds is 1. The molecule has 0 aliphatic carbocycles. The fraction of sp³-hybridized carbons (Fsp3) is 0.875. The Balaban J connectivity index is 2.02. The highest BCUT2D eigenvalue weighted by molar-refractivity contribution is 8.00. The van der Waals surface area contributed by atoms with Gasteiger partial charge in [-0.3, -0.25) is 10.1 Å². The minimum Gasteiger partial charge on any atom is -0.480 e. The molecule has 1 spiro atoms. The van der Waals surface area contributed by atoms with Gasteiger partial charge < -0.3 is 9.84 Å². The summed E-state index contributed by atoms with van der Waals surface area (Å²) in [6.07, 6.45) is 1.63. The molecule has 0 amide bonds. The van der Waals surface area contributed by atoms with Crippen LogP contribution in [0.4, 0.5) is 0 Å². The van der Waals surface area contributed by atoms with Gasteiger partial charge in [-0.25, -0.2) is 0 Å². The van der Waals surface area contributed by atoms with E-state index in [1.807, 2.05) is 0 Å². The Labute approximate surface area is 81.0 Å². The molecule has 0 aromatic carbocycles. The van der Waals surface area contributed by atoms with Crippen molar-refractivity contribution in [3.63, 3.8) is 0 Å². The van der Waals surface area contributed by atoms with Crippen LogP contribution >= 0.6 is 11.8 Å². The monoisotopic (exact) mass is 203 g/mol. The van der Waals surface area contributed by atoms with Crippen molar-refractivity contribution in [3.8, 4) is 0 Å². The number of thioether (sulfide) groups is 1. The summed E-state index contributed by atoms with van der Waals surface area (Å²) in [6, 6.07) is -0.386. The van der Waals surface area contributed by atoms with E-state index in [0.717, 1.165) is 18.8 Å². The summed E-state index contributed by atoms with van der Waals surface area (Å²) in [6.45, 7) is 1.38. The van der Waals surface area contributed by atoms with E-state index in [1.165, 1.54) is 0 Å². The second kappa shape index (κ2) is 3.48. The van der Waals surface area contributed by atoms with Crippen molar-refractivity contribution in [2.45, 2.75) is 23.8 Å². The van der Waals surface area contributed by atoms with Crippen molar-refractivity contribution in [2.24, 2.45) is 0 Å². The molecule has 13 heavy (non-hydrogen) atoms. The van der Waals surface area contributed by atoms with Gasteiger partial charge in [0.1, 0.15) is 6.04 Å². The fourth-order valence-electron chi connectivity index (χ4n) is 1.76. The van der Waals surface area contributed by atoms with E-state index in [4.69, 9.17) is 9.84 Å². The first-order chi connectivity index (χ1) is 6.22. The molecule has 2 aliphatic rings. The zero-order valence-corrected chi connectivity index (χ0v) is 8.10. The third-order valence-electron chi connectivity index (χ3n) is 2.51. The summed E-state index contributed by atoms with van der Waals surface area (Å²) < 4.78 is 5.29. The van der Waals surface area contributed by atoms with Crippen molar-refractivity contribution in [1.82, 2.24) is 5.32 Å². The van der Waals surface area contributed by atoms with Crippen molar-refractivity contribution in [1.29, 1.82) is 0 Å². The third kappa shape index (κ3) is 1.82. The molecule has 0 radical (unpaired) electrons. The van der Waals surface area contributed by atoms with Crippen LogP contribution in [0.1, 0.15) is 12.8 Å². The lowest BCUT2D eigenvalue weighted by Crippen LogP contribution is -2.55. The molecule has 4 nitrogen and oxygen atoms in total. The van der Waals surface area contributed by atoms with Crippen LogP contribution in [-0.2, 0) is 9.53 Å². The number of hydrogen-bond acceptors (Lipinski definition) is 4. The number of carbonyl (C=O) groups is 1. The predicted octanol–water partition coefficient (Wildman–Crippen LogP) is 0.283. The van der Waals surface area contributed by atoms with Crippen LogP contribution < -0.4 is 5.32 Å². The van der Waals surface area contributed by atoms with Gasteiger partial charge in [0.2, 0.25) is 0 Å². The SMILES string of the molecule is O=C(O)C1CCSC2(CCOC2)N1. The van der Waals surface area contributed by atoms with E-state index in [9.17, 15) is 4.79 Å². The first-order valence-corrected chi connectivity index (χ1v) is 5.43. The van der Waals surface area contributed by atoms with Gasteiger partial charge in [-0.2, -0.15) is 0 Å². The molecule has 0 saturated carbocycles. The van der Waals surface area contributed by atoms with Gasteiger partial charge in [0.15, 0.2) is 0 Å². The lowest BCUT2D eigenvalue weighted by atomic mass is 10.1. The quantitative estimate of drug-likeness (QED) is 0.641. The molecule has 0 aromatic heterocycles. The van der Waals surface area contributed by atoms with Crippen LogP contribution in [0.25, 0.3) is 0 Å². The normalized spacial score (nSPS) is 39.5. The number of nitrogens with one attached hydrogen (secondary N) is 1. The third-order valence-corrected chi connectivity index (χ3v) is 3.94. The summed E-state index contributed by atoms with van der Waals surface area (Å²) in [5.74, 6) is 0.166. The Hall–Kier alpha value is -0.260. The van der Waals surface area contributed by atoms with Gasteiger partial charge in [0.05, 0.1) is 11.5 Å². The Kier molecular flexibility index (Phi) is 2.49. The average molecular weight is 203 g/mol. The summed E-state index contributed by atoms with van der Waals surface area (Å²) in [5, 5.41) is 12.0. The summed E-state index contributed by atoms with van der Waals surface area (Å²) >= 11 is 1.79. The minimum absolute atomic E-state index is 0.110. The molecule has 2 rings (SSSR count). The van der Waals surface area contributed by atoms with Crippen molar-refractivity contribution < 1.29 is 14.6 Å². The molecule has 2 unspecified atom stereocenters. The van der Waals surface area contributed by atoms with E-state index in [1.54, 1.807) is 11.8 Å². The first-order valence-electron chi connectivity index (χ1n) is 4.44. The lowest BCUT2D eigenvalue weighted by Gasteiger charge is -2.36. The molecule has 5 heteroatoms. The Morgan fingerprint density at radius 2 is 2.54 bits per heavy atom. The van der Waals surface area contributed by atoms with E-state index >= 15 is 0 Å². The summed E-state index contributed by atoms with van der Waals surface area (Å²) in [5.41, 5.74) is 0. The topological polar surface area (TPSA) is 58.6 Å². The minimum atomic E-state index is -0.744. The average Bonchev–Trinajstić information content (AvgIpc) is 2.53. The molecular formula is C8H13NO3S. The summed E-state index contributed by atoms with van der Waals surface area (Å²) in [7, 11) is 0. The second-order valence-corrected chi connectivity index (χ2v) is 4.95. The molecule has 2 aliphatic heterocycles. The molecule has 2 saturated heterocycles. The fourth-order valence-corrected chi connectivity index (χ4v) is 3.13. The second-order valence-electron chi connectivity index (χ2n) is 3.47. The molecule has 74 valence electrons. The highest BCUT2D eigenvalue weighted by Crippen LogP contribution is 2.35. The number of aliphatic carboxylic acids is 1. The van der Waals surface area contributed by atoms with Crippen LogP contribution in [0.15, 0.2) is 0 Å². The summed E-state index contributed by atoms with van der Waals surface area (Å²) in [4.78, 5) is 10.7. The number of carboxylic acids is 1. The smallest absolute Gasteiger partial charge is 0.320 e. The molecule has 0 bridgehead atoms. The number of hydrogen-bond donors (Lipinski definition) is 2. The van der Waals surface area contributed by atoms with Crippen LogP contribution in [-0.4, -0.2) is 41.0 Å². The van der Waals surface area contributed by atoms with E-state index < -0.39 is 5.97 Å². The van der Waals surface area contributed by atoms with Crippen LogP contribution in [0.2, 0.25) is 0 Å². The largest absolute Gasteiger partial charge is 0.480 e. The van der Waals surface area contributed by atoms with Crippen molar-refractivity contribution in [3.05, 3.63) is 0 Å². The van der Waals surface area contributed by atoms with E-state index in [2.05, 4.69) is 5.32 Å². The number of carboxylic acid groups (broad SMARTS) is 1. The van der Waals surface area contributed by atoms with Gasteiger partial charge in [0, 0.05) is 13.0 Å². The molecule has 2 N–H and O–H groups in total. The van der Waals surface area contributed by atoms with Crippen LogP contribution in [0.5, 0.6) is 0 Å². The molecule has 0 aromatic rings. The van der Waals surface area contributed by atoms with Gasteiger partial charge >= 0.3 is 5.97 Å². The zero-order chi connectivity index (χ0) is 9.31. The van der Waals surface area contributed by atoms with Crippen LogP contribution in [0.3, 0.4) is 0 Å². The van der Waals surface area contributed by atoms with E-state index in [-0.39, 0.29) is 10.9 Å². The highest BCUT2D eigenvalue weighted by Gasteiger charge is 2.41. The molecule has 2 heterocycles. The first kappa shape index (κ1) is 9.30. The molecule has 2 fully saturated rings. The molecule has 2 atom stereocenters. The Bertz CT molecular complexity index is 215. The lowest BCUT2D eigenvalue weighted by molar-refractivity contribution is -0.140. The van der Waals surface area contributed by atoms with E-state index in [0.29, 0.717) is 13.0 Å². The van der Waals surface area contributed by atoms with Gasteiger partial charge in [-0.15, -0.1) is 11.8 Å². The molecular weight excluding hydrogens is 190 g/mol. The Morgan fingerprint density at radius 3 is 3.15 bits per heavy atom.